The Bertz CT molecular complexity index is 865. The second-order valence-corrected chi connectivity index (χ2v) is 7.26. The largest absolute Gasteiger partial charge is 0.494 e. The van der Waals surface area contributed by atoms with Crippen molar-refractivity contribution in [2.24, 2.45) is 0 Å². The third kappa shape index (κ3) is 3.84. The van der Waals surface area contributed by atoms with Gasteiger partial charge < -0.3 is 14.7 Å². The molecule has 27 heavy (non-hydrogen) atoms. The monoisotopic (exact) mass is 387 g/mol. The van der Waals surface area contributed by atoms with Gasteiger partial charge in [0.25, 0.3) is 5.91 Å². The number of Topliss-reactive ketones (excluding diaryl/α,β-unsaturated/α-hetero) is 1. The predicted molar refractivity (Wildman–Crippen MR) is 104 cm³/mol. The molecule has 0 saturated carbocycles. The number of nitrogens with zero attached hydrogens (tertiary/aromatic N) is 1. The fourth-order valence-electron chi connectivity index (χ4n) is 3.48. The summed E-state index contributed by atoms with van der Waals surface area (Å²) in [6.45, 7) is 4.08. The Hall–Kier alpha value is -2.37. The molecule has 0 saturated heterocycles. The van der Waals surface area contributed by atoms with Crippen molar-refractivity contribution in [2.75, 3.05) is 18.1 Å². The van der Waals surface area contributed by atoms with Crippen LogP contribution in [-0.2, 0) is 15.2 Å². The van der Waals surface area contributed by atoms with Crippen LogP contribution in [0.25, 0.3) is 0 Å². The zero-order chi connectivity index (χ0) is 19.6. The highest BCUT2D eigenvalue weighted by Gasteiger charge is 2.50. The summed E-state index contributed by atoms with van der Waals surface area (Å²) < 4.78 is 5.68. The van der Waals surface area contributed by atoms with Crippen LogP contribution in [-0.4, -0.2) is 29.9 Å². The fourth-order valence-corrected chi connectivity index (χ4v) is 3.60. The van der Waals surface area contributed by atoms with Gasteiger partial charge in [0.2, 0.25) is 0 Å². The first-order chi connectivity index (χ1) is 12.8. The number of ether oxygens (including phenoxy) is 1. The van der Waals surface area contributed by atoms with E-state index in [2.05, 4.69) is 0 Å². The van der Waals surface area contributed by atoms with Gasteiger partial charge in [-0.2, -0.15) is 0 Å². The van der Waals surface area contributed by atoms with Gasteiger partial charge in [0.1, 0.15) is 11.5 Å². The lowest BCUT2D eigenvalue weighted by molar-refractivity contribution is -0.141. The SMILES string of the molecule is CC(=O)C[C@@]1(O)C(=O)N(CCCOc2ccc(Cl)cc2)c2c(C)cccc21. The molecule has 1 N–H and O–H groups in total. The van der Waals surface area contributed by atoms with Gasteiger partial charge in [-0.15, -0.1) is 0 Å². The maximum absolute atomic E-state index is 12.9. The lowest BCUT2D eigenvalue weighted by Crippen LogP contribution is -2.42. The second-order valence-electron chi connectivity index (χ2n) is 6.82. The lowest BCUT2D eigenvalue weighted by Gasteiger charge is -2.22. The van der Waals surface area contributed by atoms with E-state index in [-0.39, 0.29) is 12.2 Å². The van der Waals surface area contributed by atoms with Crippen LogP contribution in [0, 0.1) is 6.92 Å². The summed E-state index contributed by atoms with van der Waals surface area (Å²) in [5.41, 5.74) is 0.294. The molecule has 0 aromatic heterocycles. The van der Waals surface area contributed by atoms with Crippen LogP contribution in [0.2, 0.25) is 5.02 Å². The molecule has 0 fully saturated rings. The summed E-state index contributed by atoms with van der Waals surface area (Å²) in [5, 5.41) is 11.6. The van der Waals surface area contributed by atoms with Crippen LogP contribution in [0.3, 0.4) is 0 Å². The van der Waals surface area contributed by atoms with Crippen LogP contribution in [0.4, 0.5) is 5.69 Å². The Labute approximate surface area is 163 Å². The molecule has 3 rings (SSSR count). The molecule has 2 aromatic carbocycles. The summed E-state index contributed by atoms with van der Waals surface area (Å²) in [5.74, 6) is 0.0246. The normalized spacial score (nSPS) is 18.5. The summed E-state index contributed by atoms with van der Waals surface area (Å²) in [6.07, 6.45) is 0.359. The first kappa shape index (κ1) is 19.4. The quantitative estimate of drug-likeness (QED) is 0.737. The molecule has 1 aliphatic heterocycles. The number of rotatable bonds is 7. The molecule has 2 aromatic rings. The Balaban J connectivity index is 1.73. The lowest BCUT2D eigenvalue weighted by atomic mass is 9.89. The van der Waals surface area contributed by atoms with Gasteiger partial charge in [-0.1, -0.05) is 29.8 Å². The maximum atomic E-state index is 12.9. The van der Waals surface area contributed by atoms with Crippen LogP contribution in [0.5, 0.6) is 5.75 Å². The van der Waals surface area contributed by atoms with E-state index < -0.39 is 11.5 Å². The van der Waals surface area contributed by atoms with E-state index in [1.54, 1.807) is 41.3 Å². The number of carbonyl (C=O) groups excluding carboxylic acids is 2. The first-order valence-corrected chi connectivity index (χ1v) is 9.23. The third-order valence-electron chi connectivity index (χ3n) is 4.67. The average molecular weight is 388 g/mol. The zero-order valence-corrected chi connectivity index (χ0v) is 16.1. The Kier molecular flexibility index (Phi) is 5.53. The Morgan fingerprint density at radius 3 is 2.59 bits per heavy atom. The number of anilines is 1. The number of hydrogen-bond donors (Lipinski definition) is 1. The molecule has 1 amide bonds. The van der Waals surface area contributed by atoms with Crippen LogP contribution in [0.15, 0.2) is 42.5 Å². The van der Waals surface area contributed by atoms with E-state index in [0.717, 1.165) is 5.56 Å². The van der Waals surface area contributed by atoms with Crippen molar-refractivity contribution >= 4 is 29.0 Å². The fraction of sp³-hybridized carbons (Fsp3) is 0.333. The molecule has 0 radical (unpaired) electrons. The maximum Gasteiger partial charge on any atom is 0.264 e. The van der Waals surface area contributed by atoms with Gasteiger partial charge in [0, 0.05) is 23.6 Å². The molecule has 0 bridgehead atoms. The molecule has 0 aliphatic carbocycles. The van der Waals surface area contributed by atoms with Crippen molar-refractivity contribution in [3.8, 4) is 5.75 Å². The average Bonchev–Trinajstić information content (AvgIpc) is 2.82. The van der Waals surface area contributed by atoms with Gasteiger partial charge in [0.15, 0.2) is 5.60 Å². The molecular formula is C21H22ClNO4. The van der Waals surface area contributed by atoms with E-state index >= 15 is 0 Å². The number of aliphatic hydroxyl groups is 1. The summed E-state index contributed by atoms with van der Waals surface area (Å²) >= 11 is 5.85. The number of ketones is 1. The second kappa shape index (κ2) is 7.71. The molecular weight excluding hydrogens is 366 g/mol. The van der Waals surface area contributed by atoms with Gasteiger partial charge in [0.05, 0.1) is 12.3 Å². The molecule has 5 nitrogen and oxygen atoms in total. The molecule has 0 spiro atoms. The molecule has 142 valence electrons. The van der Waals surface area contributed by atoms with Crippen molar-refractivity contribution < 1.29 is 19.4 Å². The number of aryl methyl sites for hydroxylation is 1. The first-order valence-electron chi connectivity index (χ1n) is 8.85. The highest BCUT2D eigenvalue weighted by Crippen LogP contribution is 2.44. The minimum absolute atomic E-state index is 0.222. The van der Waals surface area contributed by atoms with Crippen LogP contribution >= 0.6 is 11.6 Å². The molecule has 6 heteroatoms. The highest BCUT2D eigenvalue weighted by molar-refractivity contribution is 6.30. The van der Waals surface area contributed by atoms with Crippen molar-refractivity contribution in [2.45, 2.75) is 32.3 Å². The number of hydrogen-bond acceptors (Lipinski definition) is 4. The number of halogens is 1. The van der Waals surface area contributed by atoms with E-state index in [4.69, 9.17) is 16.3 Å². The highest BCUT2D eigenvalue weighted by atomic mass is 35.5. The smallest absolute Gasteiger partial charge is 0.264 e. The van der Waals surface area contributed by atoms with Crippen molar-refractivity contribution in [1.82, 2.24) is 0 Å². The van der Waals surface area contributed by atoms with E-state index in [1.807, 2.05) is 13.0 Å². The Morgan fingerprint density at radius 2 is 1.93 bits per heavy atom. The molecule has 0 unspecified atom stereocenters. The number of carbonyl (C=O) groups is 2. The zero-order valence-electron chi connectivity index (χ0n) is 15.4. The van der Waals surface area contributed by atoms with Crippen molar-refractivity contribution in [1.29, 1.82) is 0 Å². The molecule has 1 aliphatic rings. The number of fused-ring (bicyclic) bond motifs is 1. The summed E-state index contributed by atoms with van der Waals surface area (Å²) in [7, 11) is 0. The molecule has 1 heterocycles. The van der Waals surface area contributed by atoms with Crippen molar-refractivity contribution in [3.63, 3.8) is 0 Å². The molecule has 1 atom stereocenters. The predicted octanol–water partition coefficient (Wildman–Crippen LogP) is 3.63. The summed E-state index contributed by atoms with van der Waals surface area (Å²) in [4.78, 5) is 26.1. The van der Waals surface area contributed by atoms with Gasteiger partial charge >= 0.3 is 0 Å². The van der Waals surface area contributed by atoms with Crippen LogP contribution < -0.4 is 9.64 Å². The number of benzene rings is 2. The van der Waals surface area contributed by atoms with Crippen molar-refractivity contribution in [3.05, 3.63) is 58.6 Å². The summed E-state index contributed by atoms with van der Waals surface area (Å²) in [6, 6.07) is 12.5. The third-order valence-corrected chi connectivity index (χ3v) is 4.92. The van der Waals surface area contributed by atoms with Gasteiger partial charge in [-0.05, 0) is 50.1 Å². The van der Waals surface area contributed by atoms with E-state index in [0.29, 0.717) is 41.6 Å². The van der Waals surface area contributed by atoms with E-state index in [9.17, 15) is 14.7 Å². The number of amides is 1. The minimum Gasteiger partial charge on any atom is -0.494 e. The number of para-hydroxylation sites is 1. The van der Waals surface area contributed by atoms with Gasteiger partial charge in [-0.25, -0.2) is 0 Å². The topological polar surface area (TPSA) is 66.8 Å². The standard InChI is InChI=1S/C21H22ClNO4/c1-14-5-3-6-18-19(14)23(20(25)21(18,26)13-15(2)24)11-4-12-27-17-9-7-16(22)8-10-17/h3,5-10,26H,4,11-13H2,1-2H3/t21-/m0/s1. The Morgan fingerprint density at radius 1 is 1.22 bits per heavy atom. The van der Waals surface area contributed by atoms with Gasteiger partial charge in [-0.3, -0.25) is 9.59 Å². The minimum atomic E-state index is -1.79. The van der Waals surface area contributed by atoms with E-state index in [1.165, 1.54) is 6.92 Å². The van der Waals surface area contributed by atoms with Crippen LogP contribution in [0.1, 0.15) is 30.9 Å².